The molecule has 0 radical (unpaired) electrons. The van der Waals surface area contributed by atoms with Gasteiger partial charge in [-0.05, 0) is 44.2 Å². The number of hydrogen-bond donors (Lipinski definition) is 2. The highest BCUT2D eigenvalue weighted by Crippen LogP contribution is 2.26. The van der Waals surface area contributed by atoms with E-state index in [-0.39, 0.29) is 15.7 Å². The minimum absolute atomic E-state index is 0.171. The molecule has 0 aromatic carbocycles. The number of carbonyl (C=O) groups is 2. The predicted octanol–water partition coefficient (Wildman–Crippen LogP) is 4.14. The number of aromatic nitrogens is 4. The highest BCUT2D eigenvalue weighted by atomic mass is 35.5. The van der Waals surface area contributed by atoms with Crippen LogP contribution in [0.1, 0.15) is 32.1 Å². The molecule has 40 heavy (non-hydrogen) atoms. The van der Waals surface area contributed by atoms with Crippen LogP contribution >= 0.6 is 34.8 Å². The van der Waals surface area contributed by atoms with Gasteiger partial charge < -0.3 is 19.5 Å². The number of nitrogens with zero attached hydrogens (tertiary/aromatic N) is 4. The Balaban J connectivity index is 0.000000222. The maximum absolute atomic E-state index is 11.3. The van der Waals surface area contributed by atoms with Crippen molar-refractivity contribution in [3.63, 3.8) is 0 Å². The molecule has 4 aromatic heterocycles. The topological polar surface area (TPSA) is 145 Å². The lowest BCUT2D eigenvalue weighted by molar-refractivity contribution is 0.0591. The van der Waals surface area contributed by atoms with Gasteiger partial charge in [0.05, 0.1) is 41.1 Å². The van der Waals surface area contributed by atoms with Gasteiger partial charge in [-0.25, -0.2) is 14.6 Å². The van der Waals surface area contributed by atoms with Crippen molar-refractivity contribution in [3.05, 3.63) is 98.9 Å². The summed E-state index contributed by atoms with van der Waals surface area (Å²) in [5.74, 6) is -0.945. The van der Waals surface area contributed by atoms with E-state index >= 15 is 0 Å². The molecule has 0 bridgehead atoms. The van der Waals surface area contributed by atoms with Gasteiger partial charge in [-0.1, -0.05) is 40.9 Å². The lowest BCUT2D eigenvalue weighted by atomic mass is 9.82. The number of rotatable bonds is 4. The Morgan fingerprint density at radius 3 is 1.68 bits per heavy atom. The number of pyridine rings is 4. The van der Waals surface area contributed by atoms with Crippen molar-refractivity contribution < 1.29 is 29.1 Å². The fourth-order valence-corrected chi connectivity index (χ4v) is 3.32. The number of halogens is 3. The summed E-state index contributed by atoms with van der Waals surface area (Å²) in [4.78, 5) is 38.2. The lowest BCUT2D eigenvalue weighted by Crippen LogP contribution is -2.29. The second-order valence-corrected chi connectivity index (χ2v) is 9.00. The number of esters is 2. The molecule has 4 rings (SSSR count). The van der Waals surface area contributed by atoms with Crippen LogP contribution < -0.4 is 5.46 Å². The molecule has 0 amide bonds. The Morgan fingerprint density at radius 1 is 0.725 bits per heavy atom. The van der Waals surface area contributed by atoms with Crippen molar-refractivity contribution >= 4 is 59.3 Å². The minimum atomic E-state index is -1.41. The minimum Gasteiger partial charge on any atom is -0.465 e. The summed E-state index contributed by atoms with van der Waals surface area (Å²) in [6, 6.07) is 10.1. The molecular weight excluding hydrogens is 581 g/mol. The van der Waals surface area contributed by atoms with E-state index in [0.717, 1.165) is 17.0 Å². The average molecular weight is 606 g/mol. The first-order chi connectivity index (χ1) is 19.0. The summed E-state index contributed by atoms with van der Waals surface area (Å²) in [5, 5.41) is 18.1. The molecule has 0 fully saturated rings. The smallest absolute Gasteiger partial charge is 0.465 e. The predicted molar refractivity (Wildman–Crippen MR) is 153 cm³/mol. The quantitative estimate of drug-likeness (QED) is 0.198. The van der Waals surface area contributed by atoms with Crippen LogP contribution in [0.2, 0.25) is 15.2 Å². The van der Waals surface area contributed by atoms with Crippen LogP contribution in [-0.4, -0.2) is 63.3 Å². The van der Waals surface area contributed by atoms with E-state index in [4.69, 9.17) is 44.9 Å². The first kappa shape index (κ1) is 32.6. The Labute approximate surface area is 246 Å². The zero-order chi connectivity index (χ0) is 29.8. The molecule has 0 spiro atoms. The highest BCUT2D eigenvalue weighted by molar-refractivity contribution is 6.58. The maximum Gasteiger partial charge on any atom is 0.490 e. The van der Waals surface area contributed by atoms with Gasteiger partial charge in [0, 0.05) is 47.2 Å². The molecule has 0 aliphatic heterocycles. The fraction of sp³-hybridized carbons (Fsp3) is 0.154. The van der Waals surface area contributed by atoms with Gasteiger partial charge in [0.1, 0.15) is 5.15 Å². The van der Waals surface area contributed by atoms with Gasteiger partial charge in [-0.15, -0.1) is 0 Å². The van der Waals surface area contributed by atoms with Crippen LogP contribution in [-0.2, 0) is 9.47 Å². The molecular formula is C26H24BCl3N4O6. The van der Waals surface area contributed by atoms with Gasteiger partial charge in [-0.2, -0.15) is 0 Å². The molecule has 4 aromatic rings. The molecule has 0 atom stereocenters. The highest BCUT2D eigenvalue weighted by Gasteiger charge is 2.12. The van der Waals surface area contributed by atoms with Crippen LogP contribution in [0.5, 0.6) is 0 Å². The zero-order valence-electron chi connectivity index (χ0n) is 21.8. The molecule has 10 nitrogen and oxygen atoms in total. The Bertz CT molecular complexity index is 1440. The van der Waals surface area contributed by atoms with Crippen LogP contribution in [0.4, 0.5) is 0 Å². The first-order valence-corrected chi connectivity index (χ1v) is 12.4. The summed E-state index contributed by atoms with van der Waals surface area (Å²) in [5.41, 5.74) is 4.22. The molecule has 0 aliphatic rings. The van der Waals surface area contributed by atoms with Crippen LogP contribution in [0, 0.1) is 13.8 Å². The summed E-state index contributed by atoms with van der Waals surface area (Å²) in [6.07, 6.45) is 5.88. The van der Waals surface area contributed by atoms with Gasteiger partial charge in [0.25, 0.3) is 0 Å². The summed E-state index contributed by atoms with van der Waals surface area (Å²) >= 11 is 17.3. The Kier molecular flexibility index (Phi) is 12.9. The number of methoxy groups -OCH3 is 2. The van der Waals surface area contributed by atoms with E-state index in [0.29, 0.717) is 21.7 Å². The van der Waals surface area contributed by atoms with Gasteiger partial charge in [-0.3, -0.25) is 15.0 Å². The largest absolute Gasteiger partial charge is 0.490 e. The number of aryl methyl sites for hydroxylation is 2. The monoisotopic (exact) mass is 604 g/mol. The molecule has 14 heteroatoms. The van der Waals surface area contributed by atoms with Crippen molar-refractivity contribution in [3.8, 4) is 11.3 Å². The normalized spacial score (nSPS) is 9.82. The first-order valence-electron chi connectivity index (χ1n) is 11.3. The average Bonchev–Trinajstić information content (AvgIpc) is 2.95. The van der Waals surface area contributed by atoms with Crippen molar-refractivity contribution in [1.29, 1.82) is 0 Å². The number of carbonyl (C=O) groups excluding carboxylic acids is 2. The van der Waals surface area contributed by atoms with E-state index in [9.17, 15) is 9.59 Å². The molecule has 0 aliphatic carbocycles. The molecule has 208 valence electrons. The Morgan fingerprint density at radius 2 is 1.25 bits per heavy atom. The summed E-state index contributed by atoms with van der Waals surface area (Å²) in [6.45, 7) is 3.74. The summed E-state index contributed by atoms with van der Waals surface area (Å²) in [7, 11) is 1.19. The third-order valence-electron chi connectivity index (χ3n) is 4.90. The second kappa shape index (κ2) is 15.9. The zero-order valence-corrected chi connectivity index (χ0v) is 24.1. The number of ether oxygens (including phenoxy) is 2. The molecule has 0 saturated heterocycles. The maximum atomic E-state index is 11.3. The fourth-order valence-electron chi connectivity index (χ4n) is 2.77. The van der Waals surface area contributed by atoms with Gasteiger partial charge >= 0.3 is 19.1 Å². The van der Waals surface area contributed by atoms with E-state index in [2.05, 4.69) is 29.4 Å². The Hall–Kier alpha value is -3.61. The van der Waals surface area contributed by atoms with Gasteiger partial charge in [0.15, 0.2) is 0 Å². The van der Waals surface area contributed by atoms with Crippen molar-refractivity contribution in [2.45, 2.75) is 13.8 Å². The molecule has 0 unspecified atom stereocenters. The van der Waals surface area contributed by atoms with E-state index in [1.165, 1.54) is 44.9 Å². The van der Waals surface area contributed by atoms with Crippen LogP contribution in [0.3, 0.4) is 0 Å². The third-order valence-corrected chi connectivity index (χ3v) is 5.87. The molecule has 2 N–H and O–H groups in total. The van der Waals surface area contributed by atoms with E-state index in [1.54, 1.807) is 18.3 Å². The third kappa shape index (κ3) is 9.85. The molecule has 4 heterocycles. The second-order valence-electron chi connectivity index (χ2n) is 7.83. The van der Waals surface area contributed by atoms with Crippen LogP contribution in [0.25, 0.3) is 11.3 Å². The standard InChI is InChI=1S/C13H11ClN2O2.C7H5Cl2NO2.C6H8BNO2/c1-8-3-4-9(6-15-8)12-11(14)5-10(7-16-12)13(17)18-2;1-12-7(11)4-2-5(8)6(9)10-3-4;1-5-2-3-6(4-8-5)7(9)10/h3-7H,1-2H3;2-3H,1H3;2-4,9-10H,1H3. The molecule has 0 saturated carbocycles. The van der Waals surface area contributed by atoms with E-state index < -0.39 is 19.1 Å². The van der Waals surface area contributed by atoms with Crippen molar-refractivity contribution in [2.75, 3.05) is 14.2 Å². The summed E-state index contributed by atoms with van der Waals surface area (Å²) < 4.78 is 9.05. The van der Waals surface area contributed by atoms with Crippen molar-refractivity contribution in [2.24, 2.45) is 0 Å². The SMILES string of the molecule is COC(=O)c1cnc(-c2ccc(C)nc2)c(Cl)c1.COC(=O)c1cnc(Cl)c(Cl)c1.Cc1ccc(B(O)O)cn1. The lowest BCUT2D eigenvalue weighted by Gasteiger charge is -2.05. The van der Waals surface area contributed by atoms with E-state index in [1.807, 2.05) is 26.0 Å². The van der Waals surface area contributed by atoms with Crippen molar-refractivity contribution in [1.82, 2.24) is 19.9 Å². The van der Waals surface area contributed by atoms with Gasteiger partial charge in [0.2, 0.25) is 0 Å². The van der Waals surface area contributed by atoms with Crippen LogP contribution in [0.15, 0.2) is 61.2 Å². The number of hydrogen-bond acceptors (Lipinski definition) is 10.